The van der Waals surface area contributed by atoms with Crippen molar-refractivity contribution in [3.05, 3.63) is 88.4 Å². The average Bonchev–Trinajstić information content (AvgIpc) is 3.26. The smallest absolute Gasteiger partial charge is 0.247 e. The second kappa shape index (κ2) is 5.73. The summed E-state index contributed by atoms with van der Waals surface area (Å²) in [6.45, 7) is 0. The number of ether oxygens (including phenoxy) is 1. The fourth-order valence-corrected chi connectivity index (χ4v) is 3.21. The first-order valence-electron chi connectivity index (χ1n) is 7.16. The zero-order chi connectivity index (χ0) is 14.8. The molecule has 0 amide bonds. The summed E-state index contributed by atoms with van der Waals surface area (Å²) >= 11 is 1.55. The van der Waals surface area contributed by atoms with Gasteiger partial charge in [0.05, 0.1) is 0 Å². The molecule has 0 bridgehead atoms. The van der Waals surface area contributed by atoms with Gasteiger partial charge < -0.3 is 4.74 Å². The Balaban J connectivity index is 1.75. The van der Waals surface area contributed by atoms with Crippen molar-refractivity contribution < 1.29 is 4.74 Å². The molecular weight excluding hydrogens is 292 g/mol. The molecule has 0 saturated carbocycles. The van der Waals surface area contributed by atoms with Crippen molar-refractivity contribution in [1.82, 2.24) is 4.98 Å². The summed E-state index contributed by atoms with van der Waals surface area (Å²) in [6, 6.07) is 20.5. The summed E-state index contributed by atoms with van der Waals surface area (Å²) in [5.41, 5.74) is 2.29. The fraction of sp³-hybridized carbons (Fsp3) is 0.111. The van der Waals surface area contributed by atoms with Crippen LogP contribution in [0.3, 0.4) is 0 Å². The van der Waals surface area contributed by atoms with Crippen LogP contribution < -0.4 is 0 Å². The predicted octanol–water partition coefficient (Wildman–Crippen LogP) is 4.40. The minimum Gasteiger partial charge on any atom is -0.465 e. The normalized spacial score (nSPS) is 20.5. The van der Waals surface area contributed by atoms with Crippen molar-refractivity contribution in [2.45, 2.75) is 12.1 Å². The molecule has 1 aliphatic rings. The fourth-order valence-electron chi connectivity index (χ4n) is 2.64. The number of hydrogen-bond donors (Lipinski definition) is 0. The SMILES string of the molecule is c1ccc(C2N=C(c3nccs3)OC2c2ccccc2)cc1. The lowest BCUT2D eigenvalue weighted by Crippen LogP contribution is -2.08. The number of benzene rings is 2. The van der Waals surface area contributed by atoms with Gasteiger partial charge >= 0.3 is 0 Å². The quantitative estimate of drug-likeness (QED) is 0.718. The van der Waals surface area contributed by atoms with E-state index in [9.17, 15) is 0 Å². The van der Waals surface area contributed by atoms with Gasteiger partial charge in [0, 0.05) is 11.6 Å². The third kappa shape index (κ3) is 2.42. The maximum atomic E-state index is 6.16. The molecule has 3 nitrogen and oxygen atoms in total. The summed E-state index contributed by atoms with van der Waals surface area (Å²) in [7, 11) is 0. The minimum absolute atomic E-state index is 0.0394. The van der Waals surface area contributed by atoms with Crippen molar-refractivity contribution in [3.8, 4) is 0 Å². The van der Waals surface area contributed by atoms with E-state index >= 15 is 0 Å². The lowest BCUT2D eigenvalue weighted by molar-refractivity contribution is 0.197. The van der Waals surface area contributed by atoms with Crippen LogP contribution in [-0.4, -0.2) is 10.9 Å². The number of aliphatic imine (C=N–C) groups is 1. The standard InChI is InChI=1S/C18H14N2OS/c1-3-7-13(8-4-1)15-16(14-9-5-2-6-10-14)21-17(20-15)18-19-11-12-22-18/h1-12,15-16H. The molecule has 1 aromatic heterocycles. The van der Waals surface area contributed by atoms with E-state index in [0.717, 1.165) is 16.1 Å². The molecule has 0 N–H and O–H groups in total. The molecule has 4 rings (SSSR count). The summed E-state index contributed by atoms with van der Waals surface area (Å²) in [5, 5.41) is 2.77. The van der Waals surface area contributed by atoms with E-state index in [1.54, 1.807) is 17.5 Å². The van der Waals surface area contributed by atoms with Gasteiger partial charge in [-0.15, -0.1) is 11.3 Å². The highest BCUT2D eigenvalue weighted by molar-refractivity contribution is 7.11. The van der Waals surface area contributed by atoms with Crippen molar-refractivity contribution in [1.29, 1.82) is 0 Å². The third-order valence-corrected chi connectivity index (χ3v) is 4.43. The van der Waals surface area contributed by atoms with Gasteiger partial charge in [0.15, 0.2) is 11.1 Å². The van der Waals surface area contributed by atoms with E-state index in [-0.39, 0.29) is 12.1 Å². The van der Waals surface area contributed by atoms with Crippen LogP contribution in [-0.2, 0) is 4.74 Å². The number of nitrogens with zero attached hydrogens (tertiary/aromatic N) is 2. The lowest BCUT2D eigenvalue weighted by Gasteiger charge is -2.18. The highest BCUT2D eigenvalue weighted by Crippen LogP contribution is 2.41. The van der Waals surface area contributed by atoms with Gasteiger partial charge in [-0.2, -0.15) is 0 Å². The number of thiazole rings is 1. The Kier molecular flexibility index (Phi) is 3.45. The molecule has 0 fully saturated rings. The Bertz CT molecular complexity index is 769. The third-order valence-electron chi connectivity index (χ3n) is 3.67. The van der Waals surface area contributed by atoms with E-state index in [1.807, 2.05) is 41.8 Å². The number of hydrogen-bond acceptors (Lipinski definition) is 4. The maximum Gasteiger partial charge on any atom is 0.247 e. The van der Waals surface area contributed by atoms with Gasteiger partial charge in [-0.25, -0.2) is 9.98 Å². The molecule has 22 heavy (non-hydrogen) atoms. The predicted molar refractivity (Wildman–Crippen MR) is 88.1 cm³/mol. The van der Waals surface area contributed by atoms with Crippen molar-refractivity contribution in [2.24, 2.45) is 4.99 Å². The van der Waals surface area contributed by atoms with Crippen molar-refractivity contribution in [3.63, 3.8) is 0 Å². The van der Waals surface area contributed by atoms with E-state index in [1.165, 1.54) is 0 Å². The van der Waals surface area contributed by atoms with E-state index in [2.05, 4.69) is 29.2 Å². The zero-order valence-electron chi connectivity index (χ0n) is 11.8. The molecule has 2 aromatic carbocycles. The molecule has 108 valence electrons. The van der Waals surface area contributed by atoms with Gasteiger partial charge in [-0.1, -0.05) is 60.7 Å². The lowest BCUT2D eigenvalue weighted by atomic mass is 9.97. The van der Waals surface area contributed by atoms with Gasteiger partial charge in [0.25, 0.3) is 0 Å². The van der Waals surface area contributed by atoms with Gasteiger partial charge in [0.1, 0.15) is 6.04 Å². The van der Waals surface area contributed by atoms with Gasteiger partial charge in [-0.3, -0.25) is 0 Å². The molecule has 1 aliphatic heterocycles. The van der Waals surface area contributed by atoms with Gasteiger partial charge in [-0.05, 0) is 11.1 Å². The first kappa shape index (κ1) is 13.2. The second-order valence-corrected chi connectivity index (χ2v) is 5.97. The van der Waals surface area contributed by atoms with Crippen LogP contribution >= 0.6 is 11.3 Å². The van der Waals surface area contributed by atoms with Crippen LogP contribution in [0.15, 0.2) is 77.2 Å². The maximum absolute atomic E-state index is 6.16. The minimum atomic E-state index is -0.109. The summed E-state index contributed by atoms with van der Waals surface area (Å²) in [4.78, 5) is 9.12. The van der Waals surface area contributed by atoms with Crippen LogP contribution in [0.2, 0.25) is 0 Å². The summed E-state index contributed by atoms with van der Waals surface area (Å²) < 4.78 is 6.16. The van der Waals surface area contributed by atoms with Crippen LogP contribution in [0.25, 0.3) is 0 Å². The molecule has 0 spiro atoms. The van der Waals surface area contributed by atoms with Crippen LogP contribution in [0.5, 0.6) is 0 Å². The average molecular weight is 306 g/mol. The Morgan fingerprint density at radius 2 is 1.55 bits per heavy atom. The van der Waals surface area contributed by atoms with E-state index < -0.39 is 0 Å². The number of aromatic nitrogens is 1. The monoisotopic (exact) mass is 306 g/mol. The Labute approximate surface area is 133 Å². The molecule has 2 atom stereocenters. The Morgan fingerprint density at radius 1 is 0.864 bits per heavy atom. The Hall–Kier alpha value is -2.46. The first-order valence-corrected chi connectivity index (χ1v) is 8.04. The molecular formula is C18H14N2OS. The second-order valence-electron chi connectivity index (χ2n) is 5.08. The van der Waals surface area contributed by atoms with Crippen LogP contribution in [0.1, 0.15) is 28.3 Å². The molecule has 0 radical (unpaired) electrons. The van der Waals surface area contributed by atoms with Crippen molar-refractivity contribution in [2.75, 3.05) is 0 Å². The summed E-state index contributed by atoms with van der Waals surface area (Å²) in [5.74, 6) is 0.637. The topological polar surface area (TPSA) is 34.5 Å². The number of rotatable bonds is 3. The Morgan fingerprint density at radius 3 is 2.18 bits per heavy atom. The van der Waals surface area contributed by atoms with Crippen molar-refractivity contribution >= 4 is 17.2 Å². The first-order chi connectivity index (χ1) is 10.9. The molecule has 2 unspecified atom stereocenters. The van der Waals surface area contributed by atoms with E-state index in [4.69, 9.17) is 9.73 Å². The van der Waals surface area contributed by atoms with Crippen LogP contribution in [0.4, 0.5) is 0 Å². The van der Waals surface area contributed by atoms with Gasteiger partial charge in [0.2, 0.25) is 5.90 Å². The molecule has 4 heteroatoms. The molecule has 0 saturated heterocycles. The highest BCUT2D eigenvalue weighted by Gasteiger charge is 2.34. The highest BCUT2D eigenvalue weighted by atomic mass is 32.1. The molecule has 3 aromatic rings. The summed E-state index contributed by atoms with van der Waals surface area (Å²) in [6.07, 6.45) is 1.67. The largest absolute Gasteiger partial charge is 0.465 e. The molecule has 0 aliphatic carbocycles. The van der Waals surface area contributed by atoms with E-state index in [0.29, 0.717) is 5.90 Å². The zero-order valence-corrected chi connectivity index (χ0v) is 12.6. The van der Waals surface area contributed by atoms with Crippen LogP contribution in [0, 0.1) is 0 Å². The molecule has 2 heterocycles.